The lowest BCUT2D eigenvalue weighted by Crippen LogP contribution is -2.09. The fourth-order valence-corrected chi connectivity index (χ4v) is 1.64. The Hall–Kier alpha value is -1.32. The van der Waals surface area contributed by atoms with Gasteiger partial charge in [-0.25, -0.2) is 0 Å². The fraction of sp³-hybridized carbons (Fsp3) is 0.462. The zero-order valence-electron chi connectivity index (χ0n) is 9.90. The number of hydrogen-bond acceptors (Lipinski definition) is 1. The molecule has 1 aromatic rings. The van der Waals surface area contributed by atoms with Crippen LogP contribution in [0.15, 0.2) is 18.2 Å². The first-order valence-electron chi connectivity index (χ1n) is 5.47. The van der Waals surface area contributed by atoms with E-state index in [1.165, 1.54) is 0 Å². The van der Waals surface area contributed by atoms with Crippen molar-refractivity contribution in [2.75, 3.05) is 0 Å². The number of Topliss-reactive ketones (excluding diaryl/α,β-unsaturated/α-hetero) is 1. The van der Waals surface area contributed by atoms with E-state index in [1.54, 1.807) is 12.1 Å². The lowest BCUT2D eigenvalue weighted by Gasteiger charge is -2.08. The van der Waals surface area contributed by atoms with Gasteiger partial charge in [-0.3, -0.25) is 4.79 Å². The first-order valence-corrected chi connectivity index (χ1v) is 5.47. The molecule has 0 N–H and O–H groups in total. The van der Waals surface area contributed by atoms with E-state index in [0.717, 1.165) is 11.1 Å². The molecule has 0 aliphatic carbocycles. The molecule has 0 fully saturated rings. The van der Waals surface area contributed by atoms with Gasteiger partial charge >= 0.3 is 6.18 Å². The number of carbonyl (C=O) groups is 1. The molecule has 94 valence electrons. The lowest BCUT2D eigenvalue weighted by molar-refractivity contribution is -0.135. The number of alkyl halides is 3. The summed E-state index contributed by atoms with van der Waals surface area (Å²) in [4.78, 5) is 11.7. The van der Waals surface area contributed by atoms with Crippen molar-refractivity contribution in [2.24, 2.45) is 0 Å². The van der Waals surface area contributed by atoms with Gasteiger partial charge in [0.1, 0.15) is 0 Å². The van der Waals surface area contributed by atoms with Crippen molar-refractivity contribution in [3.05, 3.63) is 34.9 Å². The van der Waals surface area contributed by atoms with E-state index in [-0.39, 0.29) is 18.6 Å². The van der Waals surface area contributed by atoms with Crippen molar-refractivity contribution in [1.29, 1.82) is 0 Å². The van der Waals surface area contributed by atoms with E-state index >= 15 is 0 Å². The normalized spacial score (nSPS) is 11.6. The zero-order chi connectivity index (χ0) is 13.1. The maximum absolute atomic E-state index is 11.9. The van der Waals surface area contributed by atoms with Crippen LogP contribution in [0.25, 0.3) is 0 Å². The quantitative estimate of drug-likeness (QED) is 0.725. The number of rotatable bonds is 4. The fourth-order valence-electron chi connectivity index (χ4n) is 1.64. The third kappa shape index (κ3) is 4.21. The number of ketones is 1. The summed E-state index contributed by atoms with van der Waals surface area (Å²) >= 11 is 0. The molecule has 0 aromatic heterocycles. The van der Waals surface area contributed by atoms with Crippen molar-refractivity contribution in [3.8, 4) is 0 Å². The summed E-state index contributed by atoms with van der Waals surface area (Å²) in [7, 11) is 0. The number of hydrogen-bond donors (Lipinski definition) is 0. The van der Waals surface area contributed by atoms with Gasteiger partial charge in [0.2, 0.25) is 0 Å². The van der Waals surface area contributed by atoms with Gasteiger partial charge in [0, 0.05) is 18.4 Å². The molecule has 0 aliphatic rings. The van der Waals surface area contributed by atoms with Gasteiger partial charge in [-0.05, 0) is 31.4 Å². The summed E-state index contributed by atoms with van der Waals surface area (Å²) in [6.45, 7) is 3.69. The molecule has 0 spiro atoms. The number of carbonyl (C=O) groups excluding carboxylic acids is 1. The zero-order valence-corrected chi connectivity index (χ0v) is 9.90. The summed E-state index contributed by atoms with van der Waals surface area (Å²) in [5, 5.41) is 0. The molecule has 0 heterocycles. The minimum atomic E-state index is -4.18. The maximum Gasteiger partial charge on any atom is 0.389 e. The minimum Gasteiger partial charge on any atom is -0.294 e. The van der Waals surface area contributed by atoms with Crippen LogP contribution in [-0.2, 0) is 0 Å². The molecule has 1 rings (SSSR count). The highest BCUT2D eigenvalue weighted by molar-refractivity contribution is 5.97. The largest absolute Gasteiger partial charge is 0.389 e. The Balaban J connectivity index is 2.62. The van der Waals surface area contributed by atoms with Gasteiger partial charge in [-0.15, -0.1) is 0 Å². The van der Waals surface area contributed by atoms with Gasteiger partial charge < -0.3 is 0 Å². The van der Waals surface area contributed by atoms with E-state index in [1.807, 2.05) is 19.9 Å². The van der Waals surface area contributed by atoms with Crippen LogP contribution in [0.1, 0.15) is 40.7 Å². The molecule has 0 aliphatic heterocycles. The number of benzene rings is 1. The smallest absolute Gasteiger partial charge is 0.294 e. The van der Waals surface area contributed by atoms with Crippen LogP contribution >= 0.6 is 0 Å². The summed E-state index contributed by atoms with van der Waals surface area (Å²) in [6.07, 6.45) is -5.27. The van der Waals surface area contributed by atoms with Crippen molar-refractivity contribution in [2.45, 2.75) is 39.3 Å². The van der Waals surface area contributed by atoms with E-state index in [0.29, 0.717) is 5.56 Å². The third-order valence-electron chi connectivity index (χ3n) is 2.77. The van der Waals surface area contributed by atoms with E-state index < -0.39 is 12.6 Å². The Labute approximate surface area is 98.6 Å². The second-order valence-corrected chi connectivity index (χ2v) is 4.14. The van der Waals surface area contributed by atoms with Crippen LogP contribution in [0.5, 0.6) is 0 Å². The molecule has 0 unspecified atom stereocenters. The van der Waals surface area contributed by atoms with Crippen LogP contribution in [0.2, 0.25) is 0 Å². The monoisotopic (exact) mass is 244 g/mol. The Kier molecular flexibility index (Phi) is 4.32. The van der Waals surface area contributed by atoms with Crippen LogP contribution in [0.4, 0.5) is 13.2 Å². The number of aryl methyl sites for hydroxylation is 1. The van der Waals surface area contributed by atoms with Crippen LogP contribution in [0.3, 0.4) is 0 Å². The molecular weight excluding hydrogens is 229 g/mol. The summed E-state index contributed by atoms with van der Waals surface area (Å²) in [5.41, 5.74) is 2.36. The molecular formula is C13H15F3O. The van der Waals surface area contributed by atoms with Crippen molar-refractivity contribution in [1.82, 2.24) is 0 Å². The highest BCUT2D eigenvalue weighted by Crippen LogP contribution is 2.23. The molecule has 0 radical (unpaired) electrons. The summed E-state index contributed by atoms with van der Waals surface area (Å²) in [5.74, 6) is -0.213. The minimum absolute atomic E-state index is 0.0518. The molecule has 4 heteroatoms. The van der Waals surface area contributed by atoms with Gasteiger partial charge in [0.05, 0.1) is 0 Å². The standard InChI is InChI=1S/C13H15F3O/c1-9-5-3-6-11(10(9)2)12(17)7-4-8-13(14,15)16/h3,5-6H,4,7-8H2,1-2H3. The SMILES string of the molecule is Cc1cccc(C(=O)CCCC(F)(F)F)c1C. The van der Waals surface area contributed by atoms with E-state index in [9.17, 15) is 18.0 Å². The van der Waals surface area contributed by atoms with Crippen LogP contribution in [0, 0.1) is 13.8 Å². The first kappa shape index (κ1) is 13.7. The highest BCUT2D eigenvalue weighted by Gasteiger charge is 2.26. The second-order valence-electron chi connectivity index (χ2n) is 4.14. The Bertz CT molecular complexity index is 408. The van der Waals surface area contributed by atoms with Crippen LogP contribution < -0.4 is 0 Å². The molecule has 0 atom stereocenters. The third-order valence-corrected chi connectivity index (χ3v) is 2.77. The number of halogens is 3. The molecule has 17 heavy (non-hydrogen) atoms. The Morgan fingerprint density at radius 2 is 1.88 bits per heavy atom. The summed E-state index contributed by atoms with van der Waals surface area (Å²) in [6, 6.07) is 5.29. The summed E-state index contributed by atoms with van der Waals surface area (Å²) < 4.78 is 35.8. The lowest BCUT2D eigenvalue weighted by atomic mass is 9.97. The van der Waals surface area contributed by atoms with Crippen molar-refractivity contribution in [3.63, 3.8) is 0 Å². The van der Waals surface area contributed by atoms with Gasteiger partial charge in [0.15, 0.2) is 5.78 Å². The topological polar surface area (TPSA) is 17.1 Å². The van der Waals surface area contributed by atoms with E-state index in [2.05, 4.69) is 0 Å². The molecule has 0 saturated heterocycles. The average molecular weight is 244 g/mol. The first-order chi connectivity index (χ1) is 7.81. The van der Waals surface area contributed by atoms with Crippen molar-refractivity contribution >= 4 is 5.78 Å². The van der Waals surface area contributed by atoms with Gasteiger partial charge in [-0.1, -0.05) is 18.2 Å². The Morgan fingerprint density at radius 3 is 2.47 bits per heavy atom. The molecule has 0 saturated carbocycles. The average Bonchev–Trinajstić information content (AvgIpc) is 2.20. The van der Waals surface area contributed by atoms with Crippen molar-refractivity contribution < 1.29 is 18.0 Å². The second kappa shape index (κ2) is 5.34. The predicted octanol–water partition coefficient (Wildman–Crippen LogP) is 4.22. The molecule has 0 bridgehead atoms. The van der Waals surface area contributed by atoms with Gasteiger partial charge in [-0.2, -0.15) is 13.2 Å². The Morgan fingerprint density at radius 1 is 1.24 bits per heavy atom. The molecule has 1 nitrogen and oxygen atoms in total. The van der Waals surface area contributed by atoms with E-state index in [4.69, 9.17) is 0 Å². The van der Waals surface area contributed by atoms with Gasteiger partial charge in [0.25, 0.3) is 0 Å². The van der Waals surface area contributed by atoms with Crippen LogP contribution in [-0.4, -0.2) is 12.0 Å². The highest BCUT2D eigenvalue weighted by atomic mass is 19.4. The molecule has 0 amide bonds. The maximum atomic E-state index is 11.9. The predicted molar refractivity (Wildman–Crippen MR) is 60.2 cm³/mol. The molecule has 1 aromatic carbocycles.